The van der Waals surface area contributed by atoms with Crippen LogP contribution in [-0.4, -0.2) is 44.9 Å². The number of rotatable bonds is 6. The number of benzene rings is 1. The van der Waals surface area contributed by atoms with E-state index in [0.29, 0.717) is 0 Å². The lowest BCUT2D eigenvalue weighted by Crippen LogP contribution is -2.48. The number of carbonyl (C=O) groups excluding carboxylic acids is 3. The van der Waals surface area contributed by atoms with Crippen LogP contribution in [-0.2, 0) is 20.8 Å². The van der Waals surface area contributed by atoms with Gasteiger partial charge in [0.15, 0.2) is 0 Å². The Morgan fingerprint density at radius 2 is 1.73 bits per heavy atom. The third-order valence-electron chi connectivity index (χ3n) is 3.22. The summed E-state index contributed by atoms with van der Waals surface area (Å²) in [4.78, 5) is 34.8. The normalized spacial score (nSPS) is 10.5. The highest BCUT2D eigenvalue weighted by molar-refractivity contribution is 7.17. The molecule has 1 aromatic heterocycles. The lowest BCUT2D eigenvalue weighted by atomic mass is 10.1. The van der Waals surface area contributed by atoms with Crippen LogP contribution >= 0.6 is 11.3 Å². The molecule has 0 bridgehead atoms. The second-order valence-electron chi connectivity index (χ2n) is 4.84. The summed E-state index contributed by atoms with van der Waals surface area (Å²) in [6, 6.07) is 6.85. The first kappa shape index (κ1) is 23.5. The largest absolute Gasteiger partial charge is 0.370 e. The van der Waals surface area contributed by atoms with Crippen molar-refractivity contribution >= 4 is 39.1 Å². The smallest absolute Gasteiger partial charge is 0.242 e. The van der Waals surface area contributed by atoms with E-state index in [1.54, 1.807) is 11.3 Å². The monoisotopic (exact) mass is 381 g/mol. The Hall–Kier alpha value is -2.49. The van der Waals surface area contributed by atoms with Crippen molar-refractivity contribution in [3.8, 4) is 0 Å². The summed E-state index contributed by atoms with van der Waals surface area (Å²) < 4.78 is 1.10. The second kappa shape index (κ2) is 12.8. The number of likely N-dealkylation sites (N-methyl/N-ethyl adjacent to an activating group) is 1. The highest BCUT2D eigenvalue weighted by Crippen LogP contribution is 2.25. The number of hydrogen-bond donors (Lipinski definition) is 5. The molecular weight excluding hydrogens is 354 g/mol. The van der Waals surface area contributed by atoms with E-state index in [0.717, 1.165) is 15.6 Å². The summed E-state index contributed by atoms with van der Waals surface area (Å²) >= 11 is 1.56. The highest BCUT2D eigenvalue weighted by atomic mass is 32.1. The van der Waals surface area contributed by atoms with Gasteiger partial charge < -0.3 is 27.8 Å². The summed E-state index contributed by atoms with van der Waals surface area (Å²) in [5, 5.41) is 7.91. The van der Waals surface area contributed by atoms with Crippen molar-refractivity contribution in [1.29, 1.82) is 0 Å². The average Bonchev–Trinajstić information content (AvgIpc) is 3.06. The van der Waals surface area contributed by atoms with Crippen molar-refractivity contribution in [3.05, 3.63) is 35.2 Å². The van der Waals surface area contributed by atoms with E-state index in [2.05, 4.69) is 22.1 Å². The number of carbonyl (C=O) groups is 3. The molecular formula is C17H27N5O3S. The summed E-state index contributed by atoms with van der Waals surface area (Å²) in [5.41, 5.74) is 15.0. The molecule has 0 saturated carbocycles. The Kier molecular flexibility index (Phi) is 11.6. The molecule has 26 heavy (non-hydrogen) atoms. The second-order valence-corrected chi connectivity index (χ2v) is 5.75. The van der Waals surface area contributed by atoms with Crippen molar-refractivity contribution in [2.45, 2.75) is 18.9 Å². The zero-order valence-electron chi connectivity index (χ0n) is 15.2. The maximum atomic E-state index is 12.1. The van der Waals surface area contributed by atoms with Crippen LogP contribution in [0.25, 0.3) is 10.1 Å². The first-order valence-electron chi connectivity index (χ1n) is 7.91. The van der Waals surface area contributed by atoms with Gasteiger partial charge >= 0.3 is 0 Å². The minimum absolute atomic E-state index is 0.149. The van der Waals surface area contributed by atoms with Gasteiger partial charge in [-0.15, -0.1) is 11.3 Å². The standard InChI is InChI=1S/C15H17N3O3S.2CH5N/c1-17-15(21)11(7-13(16)19)18-14(20)6-9-8-22-12-5-3-2-4-10(9)12;2*1-2/h2-5,8,11H,6-7H2,1H3,(H2,16,19)(H,17,21)(H,18,20);2*2H2,1H3/t11-;;/m0../s1. The van der Waals surface area contributed by atoms with Crippen molar-refractivity contribution < 1.29 is 14.4 Å². The maximum Gasteiger partial charge on any atom is 0.242 e. The minimum atomic E-state index is -0.945. The van der Waals surface area contributed by atoms with E-state index in [1.807, 2.05) is 29.6 Å². The summed E-state index contributed by atoms with van der Waals surface area (Å²) in [7, 11) is 4.44. The lowest BCUT2D eigenvalue weighted by Gasteiger charge is -2.15. The van der Waals surface area contributed by atoms with Gasteiger partial charge in [0.25, 0.3) is 0 Å². The fourth-order valence-corrected chi connectivity index (χ4v) is 3.14. The molecule has 0 unspecified atom stereocenters. The van der Waals surface area contributed by atoms with Crippen LogP contribution in [0.15, 0.2) is 29.6 Å². The van der Waals surface area contributed by atoms with E-state index in [1.165, 1.54) is 21.1 Å². The zero-order valence-corrected chi connectivity index (χ0v) is 16.1. The molecule has 0 fully saturated rings. The summed E-state index contributed by atoms with van der Waals surface area (Å²) in [5.74, 6) is -1.41. The third kappa shape index (κ3) is 7.18. The van der Waals surface area contributed by atoms with Gasteiger partial charge in [0, 0.05) is 11.7 Å². The molecule has 3 amide bonds. The van der Waals surface area contributed by atoms with Gasteiger partial charge in [-0.3, -0.25) is 14.4 Å². The van der Waals surface area contributed by atoms with Gasteiger partial charge in [0.2, 0.25) is 17.7 Å². The molecule has 0 aliphatic carbocycles. The van der Waals surface area contributed by atoms with Gasteiger partial charge in [-0.25, -0.2) is 0 Å². The Balaban J connectivity index is 0.00000146. The molecule has 0 aliphatic heterocycles. The van der Waals surface area contributed by atoms with Crippen molar-refractivity contribution in [1.82, 2.24) is 10.6 Å². The molecule has 1 atom stereocenters. The topological polar surface area (TPSA) is 153 Å². The lowest BCUT2D eigenvalue weighted by molar-refractivity contribution is -0.130. The Bertz CT molecular complexity index is 717. The molecule has 0 saturated heterocycles. The number of thiophene rings is 1. The fourth-order valence-electron chi connectivity index (χ4n) is 2.17. The average molecular weight is 382 g/mol. The number of amides is 3. The molecule has 0 radical (unpaired) electrons. The van der Waals surface area contributed by atoms with E-state index in [4.69, 9.17) is 5.73 Å². The van der Waals surface area contributed by atoms with Crippen molar-refractivity contribution in [2.24, 2.45) is 17.2 Å². The van der Waals surface area contributed by atoms with Crippen LogP contribution in [0.1, 0.15) is 12.0 Å². The Morgan fingerprint density at radius 1 is 1.12 bits per heavy atom. The van der Waals surface area contributed by atoms with Crippen LogP contribution in [0.4, 0.5) is 0 Å². The van der Waals surface area contributed by atoms with Gasteiger partial charge in [-0.05, 0) is 36.5 Å². The quantitative estimate of drug-likeness (QED) is 0.465. The summed E-state index contributed by atoms with van der Waals surface area (Å²) in [6.45, 7) is 0. The highest BCUT2D eigenvalue weighted by Gasteiger charge is 2.22. The molecule has 8 N–H and O–H groups in total. The predicted octanol–water partition coefficient (Wildman–Crippen LogP) is -0.300. The van der Waals surface area contributed by atoms with Gasteiger partial charge in [-0.2, -0.15) is 0 Å². The van der Waals surface area contributed by atoms with Gasteiger partial charge in [0.1, 0.15) is 6.04 Å². The van der Waals surface area contributed by atoms with Crippen LogP contribution in [0.5, 0.6) is 0 Å². The zero-order chi connectivity index (χ0) is 20.1. The molecule has 0 spiro atoms. The van der Waals surface area contributed by atoms with E-state index < -0.39 is 17.9 Å². The number of nitrogens with one attached hydrogen (secondary N) is 2. The molecule has 0 aliphatic rings. The maximum absolute atomic E-state index is 12.1. The molecule has 1 aromatic carbocycles. The van der Waals surface area contributed by atoms with E-state index >= 15 is 0 Å². The van der Waals surface area contributed by atoms with Crippen LogP contribution in [0.3, 0.4) is 0 Å². The molecule has 2 aromatic rings. The predicted molar refractivity (Wildman–Crippen MR) is 106 cm³/mol. The number of nitrogens with two attached hydrogens (primary N) is 3. The molecule has 1 heterocycles. The number of primary amides is 1. The van der Waals surface area contributed by atoms with E-state index in [-0.39, 0.29) is 18.7 Å². The molecule has 144 valence electrons. The van der Waals surface area contributed by atoms with Crippen LogP contribution in [0.2, 0.25) is 0 Å². The Morgan fingerprint density at radius 3 is 2.31 bits per heavy atom. The summed E-state index contributed by atoms with van der Waals surface area (Å²) in [6.07, 6.45) is -0.0773. The minimum Gasteiger partial charge on any atom is -0.370 e. The molecule has 8 nitrogen and oxygen atoms in total. The number of fused-ring (bicyclic) bond motifs is 1. The molecule has 9 heteroatoms. The van der Waals surface area contributed by atoms with Crippen molar-refractivity contribution in [2.75, 3.05) is 21.1 Å². The third-order valence-corrected chi connectivity index (χ3v) is 4.23. The van der Waals surface area contributed by atoms with Crippen LogP contribution < -0.4 is 27.8 Å². The first-order chi connectivity index (χ1) is 12.5. The first-order valence-corrected chi connectivity index (χ1v) is 8.79. The van der Waals surface area contributed by atoms with Gasteiger partial charge in [0.05, 0.1) is 12.8 Å². The Labute approximate surface area is 157 Å². The fraction of sp³-hybridized carbons (Fsp3) is 0.353. The SMILES string of the molecule is CN.CN.CNC(=O)[C@H](CC(N)=O)NC(=O)Cc1csc2ccccc12. The molecule has 2 rings (SSSR count). The van der Waals surface area contributed by atoms with Crippen LogP contribution in [0, 0.1) is 0 Å². The van der Waals surface area contributed by atoms with Gasteiger partial charge in [-0.1, -0.05) is 18.2 Å². The van der Waals surface area contributed by atoms with E-state index in [9.17, 15) is 14.4 Å². The van der Waals surface area contributed by atoms with Crippen molar-refractivity contribution in [3.63, 3.8) is 0 Å². The number of hydrogen-bond acceptors (Lipinski definition) is 6.